The van der Waals surface area contributed by atoms with E-state index < -0.39 is 15.4 Å². The third kappa shape index (κ3) is 6.30. The van der Waals surface area contributed by atoms with Gasteiger partial charge in [-0.3, -0.25) is 4.79 Å². The molecule has 10 heteroatoms. The SMILES string of the molecule is CN1CCN(C(=O)C[C@]2(COc3ccccc3)CCCN(S(=O)(=O)c3cc(Cl)ccc3Cl)C2)CC1. The molecule has 2 fully saturated rings. The number of piperidine rings is 1. The van der Waals surface area contributed by atoms with Crippen LogP contribution in [0.25, 0.3) is 0 Å². The van der Waals surface area contributed by atoms with Crippen molar-refractivity contribution in [2.45, 2.75) is 24.2 Å². The molecule has 2 aromatic carbocycles. The van der Waals surface area contributed by atoms with Gasteiger partial charge in [-0.05, 0) is 50.2 Å². The monoisotopic (exact) mass is 539 g/mol. The molecular weight excluding hydrogens is 509 g/mol. The first-order valence-corrected chi connectivity index (χ1v) is 14.0. The number of sulfonamides is 1. The number of para-hydroxylation sites is 1. The van der Waals surface area contributed by atoms with E-state index in [-0.39, 0.29) is 35.4 Å². The summed E-state index contributed by atoms with van der Waals surface area (Å²) in [7, 11) is -1.86. The van der Waals surface area contributed by atoms with Crippen molar-refractivity contribution in [3.05, 3.63) is 58.6 Å². The first-order valence-electron chi connectivity index (χ1n) is 11.8. The summed E-state index contributed by atoms with van der Waals surface area (Å²) < 4.78 is 34.7. The number of halogens is 2. The summed E-state index contributed by atoms with van der Waals surface area (Å²) in [6, 6.07) is 13.8. The van der Waals surface area contributed by atoms with Gasteiger partial charge in [-0.1, -0.05) is 41.4 Å². The second kappa shape index (κ2) is 11.0. The van der Waals surface area contributed by atoms with Crippen molar-refractivity contribution in [1.82, 2.24) is 14.1 Å². The molecule has 2 saturated heterocycles. The zero-order chi connectivity index (χ0) is 25.1. The van der Waals surface area contributed by atoms with Gasteiger partial charge in [0.15, 0.2) is 0 Å². The molecule has 190 valence electrons. The van der Waals surface area contributed by atoms with E-state index in [1.54, 1.807) is 6.07 Å². The van der Waals surface area contributed by atoms with Crippen LogP contribution < -0.4 is 4.74 Å². The molecule has 2 aliphatic heterocycles. The number of ether oxygens (including phenoxy) is 1. The van der Waals surface area contributed by atoms with Crippen molar-refractivity contribution < 1.29 is 17.9 Å². The molecule has 0 unspecified atom stereocenters. The minimum Gasteiger partial charge on any atom is -0.493 e. The van der Waals surface area contributed by atoms with Crippen LogP contribution in [0.4, 0.5) is 0 Å². The molecule has 0 bridgehead atoms. The van der Waals surface area contributed by atoms with Gasteiger partial charge in [0, 0.05) is 56.1 Å². The van der Waals surface area contributed by atoms with E-state index in [2.05, 4.69) is 4.90 Å². The fourth-order valence-electron chi connectivity index (χ4n) is 4.74. The van der Waals surface area contributed by atoms with Crippen LogP contribution in [-0.4, -0.2) is 81.4 Å². The van der Waals surface area contributed by atoms with Crippen molar-refractivity contribution >= 4 is 39.1 Å². The molecule has 2 aliphatic rings. The van der Waals surface area contributed by atoms with E-state index in [0.717, 1.165) is 13.1 Å². The van der Waals surface area contributed by atoms with Crippen LogP contribution in [-0.2, 0) is 14.8 Å². The van der Waals surface area contributed by atoms with Gasteiger partial charge >= 0.3 is 0 Å². The summed E-state index contributed by atoms with van der Waals surface area (Å²) in [5, 5.41) is 0.425. The average molecular weight is 541 g/mol. The fourth-order valence-corrected chi connectivity index (χ4v) is 7.07. The lowest BCUT2D eigenvalue weighted by atomic mass is 9.78. The average Bonchev–Trinajstić information content (AvgIpc) is 2.85. The molecule has 35 heavy (non-hydrogen) atoms. The molecular formula is C25H31Cl2N3O4S. The van der Waals surface area contributed by atoms with Gasteiger partial charge in [0.05, 0.1) is 11.6 Å². The summed E-state index contributed by atoms with van der Waals surface area (Å²) in [5.41, 5.74) is -0.660. The highest BCUT2D eigenvalue weighted by Gasteiger charge is 2.43. The lowest BCUT2D eigenvalue weighted by Gasteiger charge is -2.43. The zero-order valence-electron chi connectivity index (χ0n) is 19.8. The third-order valence-electron chi connectivity index (χ3n) is 6.81. The molecule has 0 N–H and O–H groups in total. The minimum atomic E-state index is -3.91. The Morgan fingerprint density at radius 3 is 2.46 bits per heavy atom. The number of benzene rings is 2. The summed E-state index contributed by atoms with van der Waals surface area (Å²) in [4.78, 5) is 17.4. The highest BCUT2D eigenvalue weighted by Crippen LogP contribution is 2.38. The van der Waals surface area contributed by atoms with E-state index in [0.29, 0.717) is 43.2 Å². The smallest absolute Gasteiger partial charge is 0.244 e. The number of hydrogen-bond acceptors (Lipinski definition) is 5. The Kier molecular flexibility index (Phi) is 8.28. The molecule has 4 rings (SSSR count). The Bertz CT molecular complexity index is 1140. The Morgan fingerprint density at radius 2 is 1.74 bits per heavy atom. The standard InChI is InChI=1S/C25H31Cl2N3O4S/c1-28-12-14-29(15-13-28)24(31)17-25(19-34-21-6-3-2-4-7-21)10-5-11-30(18-25)35(32,33)23-16-20(26)8-9-22(23)27/h2-4,6-9,16H,5,10-15,17-19H2,1H3/t25-/m1/s1. The number of carbonyl (C=O) groups is 1. The first kappa shape index (κ1) is 26.2. The first-order chi connectivity index (χ1) is 16.7. The normalized spacial score (nSPS) is 22.2. The highest BCUT2D eigenvalue weighted by atomic mass is 35.5. The summed E-state index contributed by atoms with van der Waals surface area (Å²) in [5.74, 6) is 0.728. The fraction of sp³-hybridized carbons (Fsp3) is 0.480. The van der Waals surface area contributed by atoms with Gasteiger partial charge in [0.25, 0.3) is 0 Å². The molecule has 1 amide bonds. The maximum Gasteiger partial charge on any atom is 0.244 e. The predicted octanol–water partition coefficient (Wildman–Crippen LogP) is 4.01. The van der Waals surface area contributed by atoms with Crippen LogP contribution in [0.5, 0.6) is 5.75 Å². The van der Waals surface area contributed by atoms with Gasteiger partial charge in [-0.2, -0.15) is 4.31 Å². The van der Waals surface area contributed by atoms with Gasteiger partial charge < -0.3 is 14.5 Å². The molecule has 0 aliphatic carbocycles. The molecule has 0 radical (unpaired) electrons. The van der Waals surface area contributed by atoms with Crippen molar-refractivity contribution in [2.24, 2.45) is 5.41 Å². The van der Waals surface area contributed by atoms with Crippen LogP contribution in [0.2, 0.25) is 10.0 Å². The molecule has 2 aromatic rings. The Labute approximate surface area is 217 Å². The topological polar surface area (TPSA) is 70.2 Å². The molecule has 0 spiro atoms. The van der Waals surface area contributed by atoms with Crippen molar-refractivity contribution in [3.8, 4) is 5.75 Å². The molecule has 0 aromatic heterocycles. The second-order valence-electron chi connectivity index (χ2n) is 9.48. The Hall–Kier alpha value is -1.84. The molecule has 7 nitrogen and oxygen atoms in total. The Balaban J connectivity index is 1.59. The number of nitrogens with zero attached hydrogens (tertiary/aromatic N) is 3. The van der Waals surface area contributed by atoms with Crippen LogP contribution in [0.3, 0.4) is 0 Å². The van der Waals surface area contributed by atoms with Crippen LogP contribution >= 0.6 is 23.2 Å². The van der Waals surface area contributed by atoms with E-state index in [1.807, 2.05) is 42.3 Å². The summed E-state index contributed by atoms with van der Waals surface area (Å²) in [6.45, 7) is 3.76. The number of hydrogen-bond donors (Lipinski definition) is 0. The predicted molar refractivity (Wildman–Crippen MR) is 138 cm³/mol. The van der Waals surface area contributed by atoms with E-state index in [4.69, 9.17) is 27.9 Å². The number of rotatable bonds is 7. The second-order valence-corrected chi connectivity index (χ2v) is 12.2. The van der Waals surface area contributed by atoms with Gasteiger partial charge in [-0.15, -0.1) is 0 Å². The Morgan fingerprint density at radius 1 is 1.03 bits per heavy atom. The maximum atomic E-state index is 13.6. The number of amides is 1. The van der Waals surface area contributed by atoms with Gasteiger partial charge in [0.1, 0.15) is 10.6 Å². The van der Waals surface area contributed by atoms with Crippen LogP contribution in [0.1, 0.15) is 19.3 Å². The summed E-state index contributed by atoms with van der Waals surface area (Å²) in [6.07, 6.45) is 1.53. The zero-order valence-corrected chi connectivity index (χ0v) is 22.2. The van der Waals surface area contributed by atoms with Crippen molar-refractivity contribution in [2.75, 3.05) is 52.9 Å². The van der Waals surface area contributed by atoms with Gasteiger partial charge in [-0.25, -0.2) is 8.42 Å². The quantitative estimate of drug-likeness (QED) is 0.531. The van der Waals surface area contributed by atoms with Crippen LogP contribution in [0, 0.1) is 5.41 Å². The van der Waals surface area contributed by atoms with E-state index in [1.165, 1.54) is 16.4 Å². The van der Waals surface area contributed by atoms with E-state index >= 15 is 0 Å². The van der Waals surface area contributed by atoms with Crippen molar-refractivity contribution in [1.29, 1.82) is 0 Å². The molecule has 2 heterocycles. The minimum absolute atomic E-state index is 0.0168. The lowest BCUT2D eigenvalue weighted by molar-refractivity contribution is -0.136. The number of likely N-dealkylation sites (N-methyl/N-ethyl adjacent to an activating group) is 1. The molecule has 1 atom stereocenters. The largest absolute Gasteiger partial charge is 0.493 e. The van der Waals surface area contributed by atoms with Crippen molar-refractivity contribution in [3.63, 3.8) is 0 Å². The summed E-state index contributed by atoms with van der Waals surface area (Å²) >= 11 is 12.3. The molecule has 0 saturated carbocycles. The highest BCUT2D eigenvalue weighted by molar-refractivity contribution is 7.89. The number of carbonyl (C=O) groups excluding carboxylic acids is 1. The lowest BCUT2D eigenvalue weighted by Crippen LogP contribution is -2.53. The maximum absolute atomic E-state index is 13.6. The van der Waals surface area contributed by atoms with Crippen LogP contribution in [0.15, 0.2) is 53.4 Å². The van der Waals surface area contributed by atoms with E-state index in [9.17, 15) is 13.2 Å². The van der Waals surface area contributed by atoms with Gasteiger partial charge in [0.2, 0.25) is 15.9 Å². The number of piperazine rings is 1. The third-order valence-corrected chi connectivity index (χ3v) is 9.37.